The number of methoxy groups -OCH3 is 1. The number of hydrogen-bond acceptors (Lipinski definition) is 6. The molecule has 2 N–H and O–H groups in total. The van der Waals surface area contributed by atoms with Gasteiger partial charge in [-0.25, -0.2) is 9.78 Å². The van der Waals surface area contributed by atoms with Gasteiger partial charge < -0.3 is 15.0 Å². The van der Waals surface area contributed by atoms with Crippen molar-refractivity contribution in [2.24, 2.45) is 0 Å². The van der Waals surface area contributed by atoms with Gasteiger partial charge in [-0.15, -0.1) is 11.3 Å². The van der Waals surface area contributed by atoms with E-state index in [0.717, 1.165) is 36.8 Å². The molecule has 0 saturated carbocycles. The zero-order valence-corrected chi connectivity index (χ0v) is 15.2. The van der Waals surface area contributed by atoms with Crippen LogP contribution in [0.3, 0.4) is 0 Å². The second kappa shape index (κ2) is 7.08. The summed E-state index contributed by atoms with van der Waals surface area (Å²) in [4.78, 5) is 42.1. The van der Waals surface area contributed by atoms with Gasteiger partial charge in [-0.3, -0.25) is 9.59 Å². The van der Waals surface area contributed by atoms with Crippen molar-refractivity contribution >= 4 is 39.1 Å². The monoisotopic (exact) mass is 411 g/mol. The van der Waals surface area contributed by atoms with Crippen LogP contribution in [-0.2, 0) is 10.9 Å². The number of nitrogens with zero attached hydrogens (tertiary/aromatic N) is 1. The Labute approximate surface area is 159 Å². The average Bonchev–Trinajstić information content (AvgIpc) is 2.98. The van der Waals surface area contributed by atoms with Crippen molar-refractivity contribution in [3.8, 4) is 0 Å². The van der Waals surface area contributed by atoms with Crippen LogP contribution in [0, 0.1) is 6.92 Å². The molecule has 0 aliphatic rings. The van der Waals surface area contributed by atoms with Crippen molar-refractivity contribution in [2.75, 3.05) is 12.4 Å². The molecule has 0 atom stereocenters. The molecule has 0 aliphatic carbocycles. The molecule has 7 nitrogen and oxygen atoms in total. The van der Waals surface area contributed by atoms with Crippen molar-refractivity contribution in [3.05, 3.63) is 56.4 Å². The lowest BCUT2D eigenvalue weighted by molar-refractivity contribution is -0.140. The number of thiophene rings is 1. The summed E-state index contributed by atoms with van der Waals surface area (Å²) in [5.74, 6) is -1.42. The van der Waals surface area contributed by atoms with E-state index in [9.17, 15) is 27.6 Å². The number of carbonyl (C=O) groups excluding carboxylic acids is 2. The Morgan fingerprint density at radius 3 is 2.64 bits per heavy atom. The number of alkyl halides is 3. The van der Waals surface area contributed by atoms with Crippen molar-refractivity contribution in [1.82, 2.24) is 9.97 Å². The first kappa shape index (κ1) is 19.5. The van der Waals surface area contributed by atoms with Crippen molar-refractivity contribution in [2.45, 2.75) is 13.1 Å². The summed E-state index contributed by atoms with van der Waals surface area (Å²) in [7, 11) is 1.16. The average molecular weight is 411 g/mol. The molecule has 0 spiro atoms. The first-order valence-electron chi connectivity index (χ1n) is 7.71. The quantitative estimate of drug-likeness (QED) is 0.644. The first-order chi connectivity index (χ1) is 13.1. The summed E-state index contributed by atoms with van der Waals surface area (Å²) in [5, 5.41) is 2.77. The Bertz CT molecular complexity index is 1150. The Morgan fingerprint density at radius 1 is 1.29 bits per heavy atom. The number of aryl methyl sites for hydroxylation is 1. The van der Waals surface area contributed by atoms with Crippen molar-refractivity contribution in [1.29, 1.82) is 0 Å². The molecule has 0 aromatic carbocycles. The van der Waals surface area contributed by atoms with E-state index in [1.807, 2.05) is 0 Å². The van der Waals surface area contributed by atoms with Crippen LogP contribution in [-0.4, -0.2) is 29.0 Å². The van der Waals surface area contributed by atoms with Gasteiger partial charge in [0.1, 0.15) is 16.2 Å². The minimum atomic E-state index is -4.60. The summed E-state index contributed by atoms with van der Waals surface area (Å²) in [6.07, 6.45) is -3.47. The van der Waals surface area contributed by atoms with E-state index in [1.54, 1.807) is 6.92 Å². The molecule has 0 radical (unpaired) electrons. The fraction of sp³-hybridized carbons (Fsp3) is 0.176. The van der Waals surface area contributed by atoms with Gasteiger partial charge >= 0.3 is 12.1 Å². The molecule has 11 heteroatoms. The number of hydrogen-bond donors (Lipinski definition) is 2. The Balaban J connectivity index is 1.97. The third-order valence-corrected chi connectivity index (χ3v) is 5.07. The highest BCUT2D eigenvalue weighted by atomic mass is 32.1. The van der Waals surface area contributed by atoms with Crippen molar-refractivity contribution < 1.29 is 27.5 Å². The predicted octanol–water partition coefficient (Wildman–Crippen LogP) is 3.35. The second-order valence-electron chi connectivity index (χ2n) is 5.68. The molecule has 3 aromatic heterocycles. The summed E-state index contributed by atoms with van der Waals surface area (Å²) >= 11 is 0.775. The number of halogens is 3. The Kier molecular flexibility index (Phi) is 4.94. The maximum Gasteiger partial charge on any atom is 0.433 e. The van der Waals surface area contributed by atoms with Gasteiger partial charge in [0.15, 0.2) is 0 Å². The lowest BCUT2D eigenvalue weighted by Gasteiger charge is -2.05. The normalized spacial score (nSPS) is 11.5. The molecule has 3 aromatic rings. The molecular formula is C17H12F3N3O4S. The summed E-state index contributed by atoms with van der Waals surface area (Å²) in [6, 6.07) is 3.23. The van der Waals surface area contributed by atoms with Crippen LogP contribution in [0.1, 0.15) is 31.3 Å². The van der Waals surface area contributed by atoms with Crippen LogP contribution in [0.15, 0.2) is 29.2 Å². The minimum Gasteiger partial charge on any atom is -0.465 e. The number of aromatic nitrogens is 2. The number of fused-ring (bicyclic) bond motifs is 1. The smallest absolute Gasteiger partial charge is 0.433 e. The maximum absolute atomic E-state index is 12.8. The third-order valence-electron chi connectivity index (χ3n) is 3.87. The second-order valence-corrected chi connectivity index (χ2v) is 6.68. The molecule has 0 bridgehead atoms. The number of carbonyl (C=O) groups is 2. The van der Waals surface area contributed by atoms with E-state index in [0.29, 0.717) is 10.9 Å². The Hall–Kier alpha value is -3.21. The fourth-order valence-corrected chi connectivity index (χ4v) is 3.54. The van der Waals surface area contributed by atoms with Gasteiger partial charge in [-0.1, -0.05) is 0 Å². The predicted molar refractivity (Wildman–Crippen MR) is 95.7 cm³/mol. The van der Waals surface area contributed by atoms with Gasteiger partial charge in [-0.05, 0) is 30.7 Å². The highest BCUT2D eigenvalue weighted by Gasteiger charge is 2.33. The van der Waals surface area contributed by atoms with Gasteiger partial charge in [0.2, 0.25) is 0 Å². The van der Waals surface area contributed by atoms with Crippen LogP contribution in [0.4, 0.5) is 18.9 Å². The number of amides is 1. The van der Waals surface area contributed by atoms with Gasteiger partial charge in [-0.2, -0.15) is 13.2 Å². The highest BCUT2D eigenvalue weighted by molar-refractivity contribution is 7.20. The minimum absolute atomic E-state index is 0.0157. The molecule has 146 valence electrons. The van der Waals surface area contributed by atoms with Gasteiger partial charge in [0.05, 0.1) is 17.6 Å². The lowest BCUT2D eigenvalue weighted by Crippen LogP contribution is -2.20. The SMILES string of the molecule is COC(=O)c1c[nH]c(=O)c(NC(=O)c2sc3nc(C(F)(F)F)ccc3c2C)c1. The molecule has 0 fully saturated rings. The molecule has 3 heterocycles. The molecule has 0 aliphatic heterocycles. The highest BCUT2D eigenvalue weighted by Crippen LogP contribution is 2.34. The van der Waals surface area contributed by atoms with E-state index in [1.165, 1.54) is 6.07 Å². The summed E-state index contributed by atoms with van der Waals surface area (Å²) in [6.45, 7) is 1.57. The third kappa shape index (κ3) is 3.60. The zero-order chi connectivity index (χ0) is 20.6. The molecule has 0 saturated heterocycles. The summed E-state index contributed by atoms with van der Waals surface area (Å²) < 4.78 is 43.0. The first-order valence-corrected chi connectivity index (χ1v) is 8.53. The molecule has 0 unspecified atom stereocenters. The number of aromatic amines is 1. The number of H-pyrrole nitrogens is 1. The number of rotatable bonds is 3. The molecular weight excluding hydrogens is 399 g/mol. The zero-order valence-electron chi connectivity index (χ0n) is 14.4. The number of anilines is 1. The van der Waals surface area contributed by atoms with Crippen LogP contribution in [0.2, 0.25) is 0 Å². The van der Waals surface area contributed by atoms with E-state index < -0.39 is 29.3 Å². The number of nitrogens with one attached hydrogen (secondary N) is 2. The topological polar surface area (TPSA) is 101 Å². The number of pyridine rings is 2. The molecule has 3 rings (SSSR count). The summed E-state index contributed by atoms with van der Waals surface area (Å²) in [5.41, 5.74) is -1.47. The Morgan fingerprint density at radius 2 is 2.00 bits per heavy atom. The van der Waals surface area contributed by atoms with E-state index in [4.69, 9.17) is 0 Å². The van der Waals surface area contributed by atoms with Crippen LogP contribution in [0.5, 0.6) is 0 Å². The number of esters is 1. The fourth-order valence-electron chi connectivity index (χ4n) is 2.47. The van der Waals surface area contributed by atoms with Gasteiger partial charge in [0.25, 0.3) is 11.5 Å². The van der Waals surface area contributed by atoms with E-state index in [-0.39, 0.29) is 21.0 Å². The van der Waals surface area contributed by atoms with Crippen LogP contribution in [0.25, 0.3) is 10.2 Å². The maximum atomic E-state index is 12.8. The molecule has 1 amide bonds. The van der Waals surface area contributed by atoms with Crippen molar-refractivity contribution in [3.63, 3.8) is 0 Å². The standard InChI is InChI=1S/C17H12F3N3O4S/c1-7-9-3-4-11(17(18,19)20)23-15(9)28-12(7)14(25)22-10-5-8(16(26)27-2)6-21-13(10)24/h3-6H,1-2H3,(H,21,24)(H,22,25). The van der Waals surface area contributed by atoms with Crippen LogP contribution >= 0.6 is 11.3 Å². The largest absolute Gasteiger partial charge is 0.465 e. The molecule has 28 heavy (non-hydrogen) atoms. The van der Waals surface area contributed by atoms with E-state index >= 15 is 0 Å². The van der Waals surface area contributed by atoms with Crippen LogP contribution < -0.4 is 10.9 Å². The van der Waals surface area contributed by atoms with E-state index in [2.05, 4.69) is 20.0 Å². The number of ether oxygens (including phenoxy) is 1. The van der Waals surface area contributed by atoms with Gasteiger partial charge in [0, 0.05) is 11.6 Å². The lowest BCUT2D eigenvalue weighted by atomic mass is 10.1.